The quantitative estimate of drug-likeness (QED) is 0.299. The van der Waals surface area contributed by atoms with Gasteiger partial charge in [-0.15, -0.1) is 0 Å². The van der Waals surface area contributed by atoms with Crippen molar-refractivity contribution in [2.45, 2.75) is 28.5 Å². The molecule has 0 aromatic heterocycles. The summed E-state index contributed by atoms with van der Waals surface area (Å²) in [6.45, 7) is 5.37. The molecule has 0 aliphatic rings. The molecular formula is C13H15Br3NO4+. The van der Waals surface area contributed by atoms with E-state index >= 15 is 0 Å². The minimum absolute atomic E-state index is 0.319. The molecule has 5 nitrogen and oxygen atoms in total. The summed E-state index contributed by atoms with van der Waals surface area (Å²) in [4.78, 5) is 23.4. The summed E-state index contributed by atoms with van der Waals surface area (Å²) in [6, 6.07) is 6.58. The summed E-state index contributed by atoms with van der Waals surface area (Å²) in [7, 11) is 0. The Kier molecular flexibility index (Phi) is 6.39. The normalized spacial score (nSPS) is 11.9. The number of primary amides is 1. The van der Waals surface area contributed by atoms with Gasteiger partial charge in [0.1, 0.15) is 17.0 Å². The smallest absolute Gasteiger partial charge is 0.424 e. The molecule has 0 aliphatic carbocycles. The van der Waals surface area contributed by atoms with E-state index in [4.69, 9.17) is 9.47 Å². The summed E-state index contributed by atoms with van der Waals surface area (Å²) >= 11 is 9.21. The number of carbonyl (C=O) groups is 2. The van der Waals surface area contributed by atoms with Crippen molar-refractivity contribution in [2.75, 3.05) is 0 Å². The third kappa shape index (κ3) is 7.39. The molecule has 0 saturated carbocycles. The van der Waals surface area contributed by atoms with Gasteiger partial charge in [-0.05, 0) is 80.7 Å². The fraction of sp³-hybridized carbons (Fsp3) is 0.385. The van der Waals surface area contributed by atoms with Gasteiger partial charge in [-0.25, -0.2) is 10.1 Å². The van der Waals surface area contributed by atoms with Gasteiger partial charge in [0.2, 0.25) is 2.14 Å². The molecule has 0 unspecified atom stereocenters. The maximum atomic E-state index is 11.7. The van der Waals surface area contributed by atoms with Crippen LogP contribution in [-0.4, -0.2) is 19.8 Å². The lowest BCUT2D eigenvalue weighted by Crippen LogP contribution is -2.83. The summed E-state index contributed by atoms with van der Waals surface area (Å²) in [5.74, 6) is -0.253. The fourth-order valence-corrected chi connectivity index (χ4v) is 1.54. The number of rotatable bonds is 2. The first-order valence-corrected chi connectivity index (χ1v) is 8.32. The fourth-order valence-electron chi connectivity index (χ4n) is 1.30. The van der Waals surface area contributed by atoms with Crippen LogP contribution in [0.15, 0.2) is 24.3 Å². The van der Waals surface area contributed by atoms with Gasteiger partial charge in [0.05, 0.1) is 0 Å². The second kappa shape index (κ2) is 7.21. The monoisotopic (exact) mass is 486 g/mol. The number of amides is 1. The minimum Gasteiger partial charge on any atom is -0.424 e. The summed E-state index contributed by atoms with van der Waals surface area (Å²) < 4.78 is 9.20. The highest BCUT2D eigenvalue weighted by molar-refractivity contribution is 9.40. The van der Waals surface area contributed by atoms with Crippen LogP contribution in [0, 0.1) is 0 Å². The molecule has 8 heteroatoms. The Hall–Kier alpha value is -0.440. The average molecular weight is 489 g/mol. The first-order chi connectivity index (χ1) is 9.47. The number of alkyl halides is 3. The highest BCUT2D eigenvalue weighted by Crippen LogP contribution is 2.35. The van der Waals surface area contributed by atoms with Crippen LogP contribution in [0.25, 0.3) is 0 Å². The Morgan fingerprint density at radius 3 is 2.29 bits per heavy atom. The molecule has 0 radical (unpaired) electrons. The van der Waals surface area contributed by atoms with Crippen LogP contribution in [0.2, 0.25) is 0 Å². The standard InChI is InChI=1S/C13H14Br3NO4/c1-12(2,3)21-11(19)17-8-5-4-6-9(7-8)20-10(18)13(14,15)16/h4-7H,1-3H3,(H,17,19)/p+1. The van der Waals surface area contributed by atoms with Crippen molar-refractivity contribution in [1.82, 2.24) is 0 Å². The van der Waals surface area contributed by atoms with Gasteiger partial charge in [-0.1, -0.05) is 6.07 Å². The molecule has 0 aliphatic heterocycles. The van der Waals surface area contributed by atoms with E-state index in [-0.39, 0.29) is 0 Å². The Morgan fingerprint density at radius 2 is 1.76 bits per heavy atom. The first-order valence-electron chi connectivity index (χ1n) is 5.94. The molecule has 0 saturated heterocycles. The molecule has 116 valence electrons. The molecule has 2 N–H and O–H groups in total. The number of nitrogens with two attached hydrogens (primary N) is 1. The Labute approximate surface area is 148 Å². The van der Waals surface area contributed by atoms with Crippen molar-refractivity contribution in [2.24, 2.45) is 0 Å². The van der Waals surface area contributed by atoms with Crippen LogP contribution in [0.4, 0.5) is 10.5 Å². The van der Waals surface area contributed by atoms with Crippen LogP contribution >= 0.6 is 47.8 Å². The van der Waals surface area contributed by atoms with Crippen molar-refractivity contribution < 1.29 is 24.4 Å². The Morgan fingerprint density at radius 1 is 1.14 bits per heavy atom. The van der Waals surface area contributed by atoms with Crippen molar-refractivity contribution in [3.8, 4) is 5.75 Å². The highest BCUT2D eigenvalue weighted by Gasteiger charge is 2.31. The second-order valence-electron chi connectivity index (χ2n) is 5.14. The number of halogens is 3. The number of benzene rings is 1. The number of ether oxygens (including phenoxy) is 2. The van der Waals surface area contributed by atoms with Gasteiger partial charge in [-0.2, -0.15) is 4.79 Å². The van der Waals surface area contributed by atoms with Crippen LogP contribution in [-0.2, 0) is 9.53 Å². The van der Waals surface area contributed by atoms with Crippen molar-refractivity contribution in [3.05, 3.63) is 24.3 Å². The first kappa shape index (κ1) is 18.6. The predicted octanol–water partition coefficient (Wildman–Crippen LogP) is 3.56. The molecular weight excluding hydrogens is 474 g/mol. The highest BCUT2D eigenvalue weighted by atomic mass is 80.0. The molecule has 21 heavy (non-hydrogen) atoms. The molecule has 1 aromatic carbocycles. The minimum atomic E-state index is -1.14. The van der Waals surface area contributed by atoms with E-state index in [0.29, 0.717) is 11.4 Å². The summed E-state index contributed by atoms with van der Waals surface area (Å²) in [6.07, 6.45) is -0.457. The number of hydrogen-bond donors (Lipinski definition) is 1. The molecule has 0 atom stereocenters. The van der Waals surface area contributed by atoms with Gasteiger partial charge >= 0.3 is 12.1 Å². The Balaban J connectivity index is 2.73. The Bertz CT molecular complexity index is 535. The molecule has 0 spiro atoms. The van der Waals surface area contributed by atoms with Gasteiger partial charge in [0.15, 0.2) is 0 Å². The third-order valence-corrected chi connectivity index (χ3v) is 2.96. The molecule has 0 fully saturated rings. The topological polar surface area (TPSA) is 69.2 Å². The maximum Gasteiger partial charge on any atom is 0.518 e. The molecule has 1 rings (SSSR count). The van der Waals surface area contributed by atoms with Gasteiger partial charge in [0.25, 0.3) is 0 Å². The maximum absolute atomic E-state index is 11.7. The average Bonchev–Trinajstić information content (AvgIpc) is 2.25. The van der Waals surface area contributed by atoms with Crippen LogP contribution in [0.5, 0.6) is 5.75 Å². The van der Waals surface area contributed by atoms with E-state index in [1.54, 1.807) is 45.0 Å². The van der Waals surface area contributed by atoms with E-state index in [1.165, 1.54) is 5.32 Å². The SMILES string of the molecule is CC(C)(C)OC(=O)[NH2+]c1cccc(OC(=O)C(Br)(Br)Br)c1. The van der Waals surface area contributed by atoms with Gasteiger partial charge in [-0.3, -0.25) is 0 Å². The number of carbonyl (C=O) groups excluding carboxylic acids is 2. The lowest BCUT2D eigenvalue weighted by molar-refractivity contribution is -0.486. The van der Waals surface area contributed by atoms with Crippen molar-refractivity contribution in [1.29, 1.82) is 0 Å². The lowest BCUT2D eigenvalue weighted by Gasteiger charge is -2.17. The van der Waals surface area contributed by atoms with E-state index in [1.807, 2.05) is 0 Å². The van der Waals surface area contributed by atoms with E-state index in [0.717, 1.165) is 0 Å². The number of esters is 1. The molecule has 1 aromatic rings. The summed E-state index contributed by atoms with van der Waals surface area (Å²) in [5.41, 5.74) is 0.0259. The summed E-state index contributed by atoms with van der Waals surface area (Å²) in [5, 5.41) is 1.34. The second-order valence-corrected chi connectivity index (χ2v) is 11.9. The zero-order chi connectivity index (χ0) is 16.3. The molecule has 0 heterocycles. The van der Waals surface area contributed by atoms with Gasteiger partial charge in [0, 0.05) is 6.07 Å². The van der Waals surface area contributed by atoms with Crippen LogP contribution in [0.1, 0.15) is 20.8 Å². The largest absolute Gasteiger partial charge is 0.518 e. The van der Waals surface area contributed by atoms with E-state index in [9.17, 15) is 9.59 Å². The van der Waals surface area contributed by atoms with E-state index in [2.05, 4.69) is 47.8 Å². The van der Waals surface area contributed by atoms with Gasteiger partial charge < -0.3 is 9.47 Å². The number of hydrogen-bond acceptors (Lipinski definition) is 4. The number of quaternary nitrogens is 1. The molecule has 1 amide bonds. The van der Waals surface area contributed by atoms with Crippen LogP contribution in [0.3, 0.4) is 0 Å². The van der Waals surface area contributed by atoms with E-state index < -0.39 is 19.8 Å². The third-order valence-electron chi connectivity index (χ3n) is 1.99. The van der Waals surface area contributed by atoms with Crippen molar-refractivity contribution >= 4 is 65.5 Å². The zero-order valence-electron chi connectivity index (χ0n) is 11.7. The molecule has 0 bridgehead atoms. The lowest BCUT2D eigenvalue weighted by atomic mass is 10.2. The zero-order valence-corrected chi connectivity index (χ0v) is 16.4. The van der Waals surface area contributed by atoms with Crippen molar-refractivity contribution in [3.63, 3.8) is 0 Å². The predicted molar refractivity (Wildman–Crippen MR) is 89.4 cm³/mol. The van der Waals surface area contributed by atoms with Crippen LogP contribution < -0.4 is 10.1 Å².